The minimum atomic E-state index is -1.24. The maximum Gasteiger partial charge on any atom is 0.317 e. The predicted octanol–water partition coefficient (Wildman–Crippen LogP) is 6.48. The molecule has 1 aliphatic carbocycles. The van der Waals surface area contributed by atoms with Crippen LogP contribution in [-0.4, -0.2) is 38.3 Å². The summed E-state index contributed by atoms with van der Waals surface area (Å²) in [6.07, 6.45) is 7.91. The van der Waals surface area contributed by atoms with Crippen LogP contribution in [0.25, 0.3) is 0 Å². The van der Waals surface area contributed by atoms with E-state index in [1.807, 2.05) is 0 Å². The number of ether oxygens (including phenoxy) is 4. The molecule has 1 saturated heterocycles. The van der Waals surface area contributed by atoms with Crippen LogP contribution in [0.5, 0.6) is 11.5 Å². The Kier molecular flexibility index (Phi) is 10.9. The fraction of sp³-hybridized carbons (Fsp3) is 0.741. The van der Waals surface area contributed by atoms with Gasteiger partial charge in [0.15, 0.2) is 6.29 Å². The van der Waals surface area contributed by atoms with Gasteiger partial charge in [0.1, 0.15) is 17.7 Å². The maximum atomic E-state index is 14.9. The molecule has 1 heterocycles. The summed E-state index contributed by atoms with van der Waals surface area (Å²) in [5, 5.41) is 0. The molecule has 0 radical (unpaired) electrons. The van der Waals surface area contributed by atoms with Crippen molar-refractivity contribution < 1.29 is 28.1 Å². The standard InChI is InChI=1S/C27H41FO5/c1-3-5-7-9-20-18-31-27(32-19-20)21-10-15-24(25(28)17-21)26(29)33-23-13-11-22(12-14-23)30-16-8-6-4-2/h11-14,20-21,24-25,27H,3-10,15-19H2,1-2H3. The van der Waals surface area contributed by atoms with Crippen molar-refractivity contribution in [2.75, 3.05) is 19.8 Å². The molecule has 186 valence electrons. The van der Waals surface area contributed by atoms with Gasteiger partial charge in [0.2, 0.25) is 0 Å². The summed E-state index contributed by atoms with van der Waals surface area (Å²) in [5.41, 5.74) is 0. The monoisotopic (exact) mass is 464 g/mol. The molecule has 1 saturated carbocycles. The third kappa shape index (κ3) is 8.25. The average molecular weight is 465 g/mol. The first-order valence-corrected chi connectivity index (χ1v) is 12.9. The van der Waals surface area contributed by atoms with Crippen LogP contribution >= 0.6 is 0 Å². The molecule has 33 heavy (non-hydrogen) atoms. The largest absolute Gasteiger partial charge is 0.494 e. The van der Waals surface area contributed by atoms with E-state index in [-0.39, 0.29) is 18.6 Å². The zero-order valence-corrected chi connectivity index (χ0v) is 20.3. The van der Waals surface area contributed by atoms with E-state index < -0.39 is 18.1 Å². The highest BCUT2D eigenvalue weighted by Crippen LogP contribution is 2.37. The summed E-state index contributed by atoms with van der Waals surface area (Å²) >= 11 is 0. The van der Waals surface area contributed by atoms with Gasteiger partial charge in [0, 0.05) is 11.8 Å². The van der Waals surface area contributed by atoms with Gasteiger partial charge in [-0.25, -0.2) is 4.39 Å². The molecule has 0 N–H and O–H groups in total. The molecule has 1 aromatic carbocycles. The topological polar surface area (TPSA) is 54.0 Å². The van der Waals surface area contributed by atoms with Crippen LogP contribution in [0, 0.1) is 17.8 Å². The Hall–Kier alpha value is -1.66. The van der Waals surface area contributed by atoms with Gasteiger partial charge in [-0.15, -0.1) is 0 Å². The highest BCUT2D eigenvalue weighted by atomic mass is 19.1. The van der Waals surface area contributed by atoms with E-state index in [1.54, 1.807) is 24.3 Å². The molecular weight excluding hydrogens is 423 g/mol. The Labute approximate surface area is 198 Å². The smallest absolute Gasteiger partial charge is 0.317 e. The van der Waals surface area contributed by atoms with Crippen LogP contribution in [-0.2, 0) is 14.3 Å². The first-order chi connectivity index (χ1) is 16.1. The molecule has 2 fully saturated rings. The number of unbranched alkanes of at least 4 members (excludes halogenated alkanes) is 4. The zero-order chi connectivity index (χ0) is 23.5. The fourth-order valence-corrected chi connectivity index (χ4v) is 4.68. The lowest BCUT2D eigenvalue weighted by molar-refractivity contribution is -0.233. The second-order valence-electron chi connectivity index (χ2n) is 9.54. The van der Waals surface area contributed by atoms with E-state index >= 15 is 0 Å². The maximum absolute atomic E-state index is 14.9. The quantitative estimate of drug-likeness (QED) is 0.201. The van der Waals surface area contributed by atoms with Crippen molar-refractivity contribution in [1.29, 1.82) is 0 Å². The highest BCUT2D eigenvalue weighted by molar-refractivity contribution is 5.76. The molecular formula is C27H41FO5. The van der Waals surface area contributed by atoms with Gasteiger partial charge in [-0.3, -0.25) is 4.79 Å². The number of carbonyl (C=O) groups excluding carboxylic acids is 1. The first kappa shape index (κ1) is 26.0. The number of alkyl halides is 1. The second-order valence-corrected chi connectivity index (χ2v) is 9.54. The minimum absolute atomic E-state index is 0.00946. The van der Waals surface area contributed by atoms with E-state index in [0.717, 1.165) is 31.4 Å². The van der Waals surface area contributed by atoms with Gasteiger partial charge in [-0.05, 0) is 56.4 Å². The third-order valence-corrected chi connectivity index (χ3v) is 6.77. The lowest BCUT2D eigenvalue weighted by Gasteiger charge is -2.38. The number of halogens is 1. The number of hydrogen-bond acceptors (Lipinski definition) is 5. The van der Waals surface area contributed by atoms with Crippen molar-refractivity contribution in [1.82, 2.24) is 0 Å². The summed E-state index contributed by atoms with van der Waals surface area (Å²) in [7, 11) is 0. The van der Waals surface area contributed by atoms with Gasteiger partial charge in [-0.1, -0.05) is 46.0 Å². The van der Waals surface area contributed by atoms with Gasteiger partial charge in [0.05, 0.1) is 25.7 Å². The molecule has 5 nitrogen and oxygen atoms in total. The Morgan fingerprint density at radius 3 is 2.30 bits per heavy atom. The van der Waals surface area contributed by atoms with E-state index in [4.69, 9.17) is 18.9 Å². The Balaban J connectivity index is 1.39. The normalized spacial score (nSPS) is 27.8. The van der Waals surface area contributed by atoms with Gasteiger partial charge >= 0.3 is 5.97 Å². The molecule has 0 amide bonds. The number of esters is 1. The summed E-state index contributed by atoms with van der Waals surface area (Å²) in [4.78, 5) is 12.6. The molecule has 1 aromatic rings. The zero-order valence-electron chi connectivity index (χ0n) is 20.3. The number of benzene rings is 1. The Morgan fingerprint density at radius 1 is 0.970 bits per heavy atom. The van der Waals surface area contributed by atoms with E-state index in [0.29, 0.717) is 44.3 Å². The molecule has 2 aliphatic rings. The molecule has 3 atom stereocenters. The van der Waals surface area contributed by atoms with Gasteiger partial charge < -0.3 is 18.9 Å². The molecule has 0 spiro atoms. The summed E-state index contributed by atoms with van der Waals surface area (Å²) < 4.78 is 37.9. The second kappa shape index (κ2) is 13.9. The van der Waals surface area contributed by atoms with Crippen molar-refractivity contribution in [3.05, 3.63) is 24.3 Å². The van der Waals surface area contributed by atoms with Gasteiger partial charge in [-0.2, -0.15) is 0 Å². The fourth-order valence-electron chi connectivity index (χ4n) is 4.68. The highest BCUT2D eigenvalue weighted by Gasteiger charge is 2.41. The Bertz CT molecular complexity index is 686. The van der Waals surface area contributed by atoms with Gasteiger partial charge in [0.25, 0.3) is 0 Å². The SMILES string of the molecule is CCCCCOc1ccc(OC(=O)C2CCC(C3OCC(CCCCC)CO3)CC2F)cc1. The van der Waals surface area contributed by atoms with E-state index in [2.05, 4.69) is 13.8 Å². The molecule has 3 unspecified atom stereocenters. The van der Waals surface area contributed by atoms with Crippen molar-refractivity contribution >= 4 is 5.97 Å². The summed E-state index contributed by atoms with van der Waals surface area (Å²) in [5.74, 6) is 0.354. The summed E-state index contributed by atoms with van der Waals surface area (Å²) in [6.45, 7) is 6.40. The van der Waals surface area contributed by atoms with Crippen LogP contribution in [0.3, 0.4) is 0 Å². The van der Waals surface area contributed by atoms with Crippen LogP contribution in [0.4, 0.5) is 4.39 Å². The Morgan fingerprint density at radius 2 is 1.64 bits per heavy atom. The van der Waals surface area contributed by atoms with Crippen molar-refractivity contribution in [3.63, 3.8) is 0 Å². The lowest BCUT2D eigenvalue weighted by atomic mass is 9.80. The van der Waals surface area contributed by atoms with Crippen molar-refractivity contribution in [2.45, 2.75) is 90.5 Å². The van der Waals surface area contributed by atoms with Crippen LogP contribution in [0.2, 0.25) is 0 Å². The van der Waals surface area contributed by atoms with Crippen molar-refractivity contribution in [2.24, 2.45) is 17.8 Å². The number of rotatable bonds is 12. The number of hydrogen-bond donors (Lipinski definition) is 0. The number of carbonyl (C=O) groups is 1. The third-order valence-electron chi connectivity index (χ3n) is 6.77. The molecule has 3 rings (SSSR count). The van der Waals surface area contributed by atoms with Crippen LogP contribution in [0.15, 0.2) is 24.3 Å². The predicted molar refractivity (Wildman–Crippen MR) is 126 cm³/mol. The average Bonchev–Trinajstić information content (AvgIpc) is 2.83. The minimum Gasteiger partial charge on any atom is -0.494 e. The first-order valence-electron chi connectivity index (χ1n) is 12.9. The molecule has 0 bridgehead atoms. The molecule has 0 aromatic heterocycles. The molecule has 1 aliphatic heterocycles. The van der Waals surface area contributed by atoms with Crippen LogP contribution in [0.1, 0.15) is 78.1 Å². The van der Waals surface area contributed by atoms with Crippen molar-refractivity contribution in [3.8, 4) is 11.5 Å². The van der Waals surface area contributed by atoms with E-state index in [9.17, 15) is 9.18 Å². The lowest BCUT2D eigenvalue weighted by Crippen LogP contribution is -2.42. The molecule has 6 heteroatoms. The van der Waals surface area contributed by atoms with Crippen LogP contribution < -0.4 is 9.47 Å². The summed E-state index contributed by atoms with van der Waals surface area (Å²) in [6, 6.07) is 6.97. The van der Waals surface area contributed by atoms with E-state index in [1.165, 1.54) is 19.3 Å².